The van der Waals surface area contributed by atoms with Crippen molar-refractivity contribution in [2.24, 2.45) is 0 Å². The van der Waals surface area contributed by atoms with Crippen LogP contribution in [0.2, 0.25) is 0 Å². The molecule has 1 saturated heterocycles. The SMILES string of the molecule is COc1ccnc(C(=O)N[C@H]2COC[C@H](Oc3ccccc3)[C@@H](OC3CCCC3)[C@H](C)OC2=O)c1O. The molecule has 10 nitrogen and oxygen atoms in total. The minimum atomic E-state index is -1.13. The summed E-state index contributed by atoms with van der Waals surface area (Å²) in [6, 6.07) is 9.60. The zero-order valence-corrected chi connectivity index (χ0v) is 20.4. The van der Waals surface area contributed by atoms with Crippen LogP contribution in [0.4, 0.5) is 0 Å². The Morgan fingerprint density at radius 3 is 2.61 bits per heavy atom. The molecule has 0 unspecified atom stereocenters. The summed E-state index contributed by atoms with van der Waals surface area (Å²) < 4.78 is 29.2. The summed E-state index contributed by atoms with van der Waals surface area (Å²) in [5, 5.41) is 12.8. The molecule has 2 fully saturated rings. The predicted octanol–water partition coefficient (Wildman–Crippen LogP) is 2.63. The molecule has 1 aromatic heterocycles. The van der Waals surface area contributed by atoms with Crippen molar-refractivity contribution in [3.8, 4) is 17.2 Å². The summed E-state index contributed by atoms with van der Waals surface area (Å²) in [6.07, 6.45) is 3.64. The van der Waals surface area contributed by atoms with E-state index in [2.05, 4.69) is 10.3 Å². The van der Waals surface area contributed by atoms with Gasteiger partial charge in [0, 0.05) is 12.3 Å². The highest BCUT2D eigenvalue weighted by atomic mass is 16.6. The standard InChI is InChI=1S/C26H32N2O8/c1-16-24(36-18-10-6-7-11-18)21(35-17-8-4-3-5-9-17)15-33-14-19(26(31)34-16)28-25(30)22-23(29)20(32-2)12-13-27-22/h3-5,8-9,12-13,16,18-19,21,24,29H,6-7,10-11,14-15H2,1-2H3,(H,28,30)/t16-,19-,21-,24-/m0/s1. The Labute approximate surface area is 209 Å². The molecular formula is C26H32N2O8. The van der Waals surface area contributed by atoms with Gasteiger partial charge in [-0.25, -0.2) is 9.78 Å². The number of nitrogens with zero attached hydrogens (tertiary/aromatic N) is 1. The average Bonchev–Trinajstić information content (AvgIpc) is 3.40. The van der Waals surface area contributed by atoms with Crippen molar-refractivity contribution in [1.29, 1.82) is 0 Å². The lowest BCUT2D eigenvalue weighted by atomic mass is 10.1. The molecule has 194 valence electrons. The number of benzene rings is 1. The first-order valence-electron chi connectivity index (χ1n) is 12.1. The van der Waals surface area contributed by atoms with E-state index in [1.54, 1.807) is 6.92 Å². The lowest BCUT2D eigenvalue weighted by Crippen LogP contribution is -2.48. The van der Waals surface area contributed by atoms with Gasteiger partial charge in [-0.2, -0.15) is 0 Å². The number of hydrogen-bond donors (Lipinski definition) is 2. The highest BCUT2D eigenvalue weighted by Gasteiger charge is 2.39. The van der Waals surface area contributed by atoms with Gasteiger partial charge in [-0.05, 0) is 31.9 Å². The first kappa shape index (κ1) is 25.7. The number of pyridine rings is 1. The number of cyclic esters (lactones) is 1. The van der Waals surface area contributed by atoms with E-state index in [0.717, 1.165) is 25.7 Å². The molecule has 4 atom stereocenters. The predicted molar refractivity (Wildman–Crippen MR) is 128 cm³/mol. The Morgan fingerprint density at radius 1 is 1.14 bits per heavy atom. The topological polar surface area (TPSA) is 125 Å². The maximum Gasteiger partial charge on any atom is 0.331 e. The van der Waals surface area contributed by atoms with Gasteiger partial charge >= 0.3 is 5.97 Å². The van der Waals surface area contributed by atoms with E-state index in [1.807, 2.05) is 30.3 Å². The third-order valence-electron chi connectivity index (χ3n) is 6.29. The van der Waals surface area contributed by atoms with E-state index in [1.165, 1.54) is 19.4 Å². The molecule has 36 heavy (non-hydrogen) atoms. The van der Waals surface area contributed by atoms with Gasteiger partial charge in [0.25, 0.3) is 5.91 Å². The van der Waals surface area contributed by atoms with Crippen LogP contribution >= 0.6 is 0 Å². The van der Waals surface area contributed by atoms with Gasteiger partial charge in [0.2, 0.25) is 0 Å². The maximum atomic E-state index is 13.0. The molecule has 2 aromatic rings. The lowest BCUT2D eigenvalue weighted by Gasteiger charge is -2.33. The van der Waals surface area contributed by atoms with Crippen molar-refractivity contribution in [2.75, 3.05) is 20.3 Å². The van der Waals surface area contributed by atoms with Crippen molar-refractivity contribution in [1.82, 2.24) is 10.3 Å². The molecule has 2 aliphatic rings. The number of para-hydroxylation sites is 1. The van der Waals surface area contributed by atoms with Crippen LogP contribution < -0.4 is 14.8 Å². The summed E-state index contributed by atoms with van der Waals surface area (Å²) in [4.78, 5) is 29.7. The van der Waals surface area contributed by atoms with Gasteiger partial charge in [-0.1, -0.05) is 31.0 Å². The van der Waals surface area contributed by atoms with Crippen molar-refractivity contribution in [3.05, 3.63) is 48.3 Å². The van der Waals surface area contributed by atoms with E-state index < -0.39 is 42.0 Å². The fraction of sp³-hybridized carbons (Fsp3) is 0.500. The Kier molecular flexibility index (Phi) is 8.61. The zero-order chi connectivity index (χ0) is 25.5. The molecule has 1 aliphatic carbocycles. The number of carbonyl (C=O) groups is 2. The molecule has 1 aliphatic heterocycles. The van der Waals surface area contributed by atoms with E-state index in [0.29, 0.717) is 5.75 Å². The Balaban J connectivity index is 1.51. The fourth-order valence-corrected chi connectivity index (χ4v) is 4.41. The first-order chi connectivity index (χ1) is 17.5. The molecule has 0 bridgehead atoms. The normalized spacial score (nSPS) is 25.2. The number of aromatic hydroxyl groups is 1. The summed E-state index contributed by atoms with van der Waals surface area (Å²) >= 11 is 0. The number of nitrogens with one attached hydrogen (secondary N) is 1. The van der Waals surface area contributed by atoms with Crippen molar-refractivity contribution in [3.63, 3.8) is 0 Å². The smallest absolute Gasteiger partial charge is 0.331 e. The number of rotatable bonds is 7. The van der Waals surface area contributed by atoms with E-state index in [9.17, 15) is 14.7 Å². The van der Waals surface area contributed by atoms with Crippen LogP contribution in [-0.2, 0) is 19.0 Å². The molecule has 4 rings (SSSR count). The first-order valence-corrected chi connectivity index (χ1v) is 12.1. The van der Waals surface area contributed by atoms with Crippen LogP contribution in [0.5, 0.6) is 17.2 Å². The summed E-state index contributed by atoms with van der Waals surface area (Å²) in [5.74, 6) is -1.14. The highest BCUT2D eigenvalue weighted by Crippen LogP contribution is 2.29. The molecule has 0 spiro atoms. The highest BCUT2D eigenvalue weighted by molar-refractivity contribution is 5.98. The quantitative estimate of drug-likeness (QED) is 0.552. The van der Waals surface area contributed by atoms with Crippen molar-refractivity contribution < 1.29 is 38.4 Å². The summed E-state index contributed by atoms with van der Waals surface area (Å²) in [7, 11) is 1.36. The number of methoxy groups -OCH3 is 1. The second-order valence-electron chi connectivity index (χ2n) is 8.89. The van der Waals surface area contributed by atoms with Crippen molar-refractivity contribution in [2.45, 2.75) is 63.1 Å². The Hall–Kier alpha value is -3.37. The molecule has 1 amide bonds. The van der Waals surface area contributed by atoms with Crippen molar-refractivity contribution >= 4 is 11.9 Å². The second-order valence-corrected chi connectivity index (χ2v) is 8.89. The third-order valence-corrected chi connectivity index (χ3v) is 6.29. The molecule has 1 saturated carbocycles. The fourth-order valence-electron chi connectivity index (χ4n) is 4.41. The molecule has 2 N–H and O–H groups in total. The third kappa shape index (κ3) is 6.24. The van der Waals surface area contributed by atoms with Crippen LogP contribution in [0.3, 0.4) is 0 Å². The van der Waals surface area contributed by atoms with Gasteiger partial charge in [-0.3, -0.25) is 4.79 Å². The van der Waals surface area contributed by atoms with Gasteiger partial charge in [-0.15, -0.1) is 0 Å². The zero-order valence-electron chi connectivity index (χ0n) is 20.4. The van der Waals surface area contributed by atoms with Gasteiger partial charge < -0.3 is 34.1 Å². The monoisotopic (exact) mass is 500 g/mol. The molecule has 2 heterocycles. The number of amides is 1. The van der Waals surface area contributed by atoms with E-state index in [-0.39, 0.29) is 30.8 Å². The van der Waals surface area contributed by atoms with E-state index >= 15 is 0 Å². The second kappa shape index (κ2) is 12.0. The van der Waals surface area contributed by atoms with Gasteiger partial charge in [0.15, 0.2) is 29.3 Å². The van der Waals surface area contributed by atoms with Crippen LogP contribution in [0.1, 0.15) is 43.1 Å². The Bertz CT molecular complexity index is 1030. The van der Waals surface area contributed by atoms with Gasteiger partial charge in [0.05, 0.1) is 26.4 Å². The molecular weight excluding hydrogens is 468 g/mol. The Morgan fingerprint density at radius 2 is 1.89 bits per heavy atom. The molecule has 1 aromatic carbocycles. The average molecular weight is 501 g/mol. The van der Waals surface area contributed by atoms with E-state index in [4.69, 9.17) is 23.7 Å². The largest absolute Gasteiger partial charge is 0.503 e. The number of hydrogen-bond acceptors (Lipinski definition) is 9. The minimum Gasteiger partial charge on any atom is -0.503 e. The number of carbonyl (C=O) groups excluding carboxylic acids is 2. The minimum absolute atomic E-state index is 0.0522. The number of aromatic nitrogens is 1. The summed E-state index contributed by atoms with van der Waals surface area (Å²) in [5.41, 5.74) is -0.275. The van der Waals surface area contributed by atoms with Gasteiger partial charge in [0.1, 0.15) is 18.0 Å². The number of esters is 1. The molecule has 0 radical (unpaired) electrons. The number of ether oxygens (including phenoxy) is 5. The van der Waals surface area contributed by atoms with Crippen LogP contribution in [0.25, 0.3) is 0 Å². The molecule has 10 heteroatoms. The van der Waals surface area contributed by atoms with Crippen LogP contribution in [0.15, 0.2) is 42.6 Å². The maximum absolute atomic E-state index is 13.0. The van der Waals surface area contributed by atoms with Crippen LogP contribution in [0, 0.1) is 0 Å². The lowest BCUT2D eigenvalue weighted by molar-refractivity contribution is -0.167. The van der Waals surface area contributed by atoms with Crippen LogP contribution in [-0.4, -0.2) is 72.7 Å². The summed E-state index contributed by atoms with van der Waals surface area (Å²) in [6.45, 7) is 1.70.